The van der Waals surface area contributed by atoms with Crippen molar-refractivity contribution in [2.45, 2.75) is 59.4 Å². The third-order valence-corrected chi connectivity index (χ3v) is 7.40. The standard InChI is InChI=1S/C33H36N4O3.H2O/c1-4-5-13-29-35-31-23(2)14-17-28(40-21-10-9-19-36-20-18-34-22-36)32(31)37(29)27-16-15-26(25-11-7-6-8-12-25)30(24(27)3)33(38)39;/h6-8,11-12,14-18,20,22H,4-5,9-10,13,19,21H2,1-3H3,(H,38,39);1H2. The van der Waals surface area contributed by atoms with E-state index in [2.05, 4.69) is 34.0 Å². The number of nitrogens with zero attached hydrogens (tertiary/aromatic N) is 4. The topological polar surface area (TPSA) is 114 Å². The fourth-order valence-electron chi connectivity index (χ4n) is 5.28. The maximum Gasteiger partial charge on any atom is 0.336 e. The Bertz CT molecular complexity index is 1610. The molecule has 2 aromatic heterocycles. The number of hydrogen-bond acceptors (Lipinski definition) is 4. The summed E-state index contributed by atoms with van der Waals surface area (Å²) in [6, 6.07) is 17.7. The summed E-state index contributed by atoms with van der Waals surface area (Å²) in [6.07, 6.45) is 10.3. The molecule has 0 aliphatic carbocycles. The molecule has 0 saturated heterocycles. The molecule has 0 saturated carbocycles. The van der Waals surface area contributed by atoms with Gasteiger partial charge in [-0.05, 0) is 67.5 Å². The first kappa shape index (κ1) is 29.6. The smallest absolute Gasteiger partial charge is 0.336 e. The molecule has 5 aromatic rings. The van der Waals surface area contributed by atoms with Gasteiger partial charge in [0.2, 0.25) is 0 Å². The Hall–Kier alpha value is -4.43. The lowest BCUT2D eigenvalue weighted by Crippen LogP contribution is -2.10. The Morgan fingerprint density at radius 2 is 1.80 bits per heavy atom. The monoisotopic (exact) mass is 554 g/mol. The fraction of sp³-hybridized carbons (Fsp3) is 0.303. The second-order valence-electron chi connectivity index (χ2n) is 10.2. The Morgan fingerprint density at radius 1 is 1.00 bits per heavy atom. The van der Waals surface area contributed by atoms with Crippen LogP contribution in [0.2, 0.25) is 0 Å². The summed E-state index contributed by atoms with van der Waals surface area (Å²) in [4.78, 5) is 21.8. The number of aromatic carboxylic acids is 1. The highest BCUT2D eigenvalue weighted by atomic mass is 16.5. The maximum atomic E-state index is 12.6. The number of carbonyl (C=O) groups is 1. The number of aryl methyl sites for hydroxylation is 3. The minimum absolute atomic E-state index is 0. The van der Waals surface area contributed by atoms with E-state index in [4.69, 9.17) is 9.72 Å². The van der Waals surface area contributed by atoms with Crippen LogP contribution in [-0.4, -0.2) is 42.3 Å². The molecule has 0 bridgehead atoms. The number of rotatable bonds is 12. The van der Waals surface area contributed by atoms with Crippen LogP contribution >= 0.6 is 0 Å². The summed E-state index contributed by atoms with van der Waals surface area (Å²) >= 11 is 0. The molecule has 2 heterocycles. The molecular weight excluding hydrogens is 516 g/mol. The van der Waals surface area contributed by atoms with Crippen LogP contribution in [0.5, 0.6) is 5.75 Å². The molecule has 0 aliphatic rings. The quantitative estimate of drug-likeness (QED) is 0.175. The van der Waals surface area contributed by atoms with Crippen molar-refractivity contribution in [3.05, 3.63) is 95.8 Å². The number of benzene rings is 3. The van der Waals surface area contributed by atoms with Crippen LogP contribution in [0, 0.1) is 13.8 Å². The van der Waals surface area contributed by atoms with E-state index >= 15 is 0 Å². The van der Waals surface area contributed by atoms with E-state index in [1.165, 1.54) is 0 Å². The predicted octanol–water partition coefficient (Wildman–Crippen LogP) is 6.58. The van der Waals surface area contributed by atoms with Gasteiger partial charge in [-0.15, -0.1) is 0 Å². The fourth-order valence-corrected chi connectivity index (χ4v) is 5.28. The van der Waals surface area contributed by atoms with Gasteiger partial charge in [0, 0.05) is 25.4 Å². The Labute approximate surface area is 240 Å². The van der Waals surface area contributed by atoms with Crippen molar-refractivity contribution in [3.8, 4) is 22.6 Å². The number of carboxylic acid groups (broad SMARTS) is 1. The number of hydrogen-bond donors (Lipinski definition) is 1. The molecule has 0 radical (unpaired) electrons. The van der Waals surface area contributed by atoms with Crippen LogP contribution in [0.1, 0.15) is 59.9 Å². The molecule has 214 valence electrons. The van der Waals surface area contributed by atoms with E-state index in [1.807, 2.05) is 68.0 Å². The van der Waals surface area contributed by atoms with E-state index in [0.29, 0.717) is 23.3 Å². The average Bonchev–Trinajstić information content (AvgIpc) is 3.62. The largest absolute Gasteiger partial charge is 0.491 e. The molecule has 5 rings (SSSR count). The van der Waals surface area contributed by atoms with Crippen LogP contribution in [0.4, 0.5) is 0 Å². The number of unbranched alkanes of at least 4 members (excludes halogenated alkanes) is 2. The van der Waals surface area contributed by atoms with E-state index in [0.717, 1.165) is 78.1 Å². The van der Waals surface area contributed by atoms with Crippen LogP contribution in [0.15, 0.2) is 73.3 Å². The lowest BCUT2D eigenvalue weighted by Gasteiger charge is -2.18. The van der Waals surface area contributed by atoms with Gasteiger partial charge in [0.15, 0.2) is 0 Å². The van der Waals surface area contributed by atoms with Gasteiger partial charge in [-0.2, -0.15) is 0 Å². The lowest BCUT2D eigenvalue weighted by molar-refractivity contribution is 0.0697. The SMILES string of the molecule is CCCCc1nc2c(C)ccc(OCCCCn3ccnc3)c2n1-c1ccc(-c2ccccc2)c(C(=O)O)c1C.O. The summed E-state index contributed by atoms with van der Waals surface area (Å²) in [7, 11) is 0. The van der Waals surface area contributed by atoms with Crippen molar-refractivity contribution in [1.29, 1.82) is 0 Å². The molecule has 8 nitrogen and oxygen atoms in total. The van der Waals surface area contributed by atoms with Crippen molar-refractivity contribution in [2.24, 2.45) is 0 Å². The zero-order valence-electron chi connectivity index (χ0n) is 23.9. The molecule has 41 heavy (non-hydrogen) atoms. The third kappa shape index (κ3) is 6.18. The molecule has 0 atom stereocenters. The van der Waals surface area contributed by atoms with Crippen LogP contribution in [0.25, 0.3) is 27.8 Å². The van der Waals surface area contributed by atoms with E-state index in [-0.39, 0.29) is 5.48 Å². The van der Waals surface area contributed by atoms with Crippen molar-refractivity contribution in [1.82, 2.24) is 19.1 Å². The average molecular weight is 555 g/mol. The highest BCUT2D eigenvalue weighted by Gasteiger charge is 2.23. The number of aromatic nitrogens is 4. The van der Waals surface area contributed by atoms with Crippen molar-refractivity contribution < 1.29 is 20.1 Å². The van der Waals surface area contributed by atoms with Gasteiger partial charge in [-0.3, -0.25) is 4.57 Å². The zero-order chi connectivity index (χ0) is 28.1. The molecule has 0 aliphatic heterocycles. The summed E-state index contributed by atoms with van der Waals surface area (Å²) in [6.45, 7) is 7.60. The van der Waals surface area contributed by atoms with Gasteiger partial charge in [0.05, 0.1) is 29.7 Å². The Balaban J connectivity index is 0.00000387. The van der Waals surface area contributed by atoms with Crippen molar-refractivity contribution in [2.75, 3.05) is 6.61 Å². The summed E-state index contributed by atoms with van der Waals surface area (Å²) in [5.41, 5.74) is 6.28. The highest BCUT2D eigenvalue weighted by molar-refractivity contribution is 5.99. The normalized spacial score (nSPS) is 11.0. The van der Waals surface area contributed by atoms with Crippen LogP contribution in [-0.2, 0) is 13.0 Å². The van der Waals surface area contributed by atoms with E-state index in [9.17, 15) is 9.90 Å². The van der Waals surface area contributed by atoms with Gasteiger partial charge in [-0.25, -0.2) is 14.8 Å². The zero-order valence-corrected chi connectivity index (χ0v) is 23.9. The second-order valence-corrected chi connectivity index (χ2v) is 10.2. The Morgan fingerprint density at radius 3 is 2.51 bits per heavy atom. The number of fused-ring (bicyclic) bond motifs is 1. The lowest BCUT2D eigenvalue weighted by atomic mass is 9.94. The molecule has 8 heteroatoms. The van der Waals surface area contributed by atoms with Crippen molar-refractivity contribution in [3.63, 3.8) is 0 Å². The molecule has 0 spiro atoms. The minimum atomic E-state index is -0.941. The van der Waals surface area contributed by atoms with E-state index in [1.54, 1.807) is 6.20 Å². The maximum absolute atomic E-state index is 12.6. The van der Waals surface area contributed by atoms with Crippen molar-refractivity contribution >= 4 is 17.0 Å². The molecule has 0 fully saturated rings. The molecular formula is C33H38N4O4. The molecule has 3 N–H and O–H groups in total. The predicted molar refractivity (Wildman–Crippen MR) is 162 cm³/mol. The first-order valence-electron chi connectivity index (χ1n) is 14.0. The number of carboxylic acids is 1. The van der Waals surface area contributed by atoms with E-state index < -0.39 is 5.97 Å². The summed E-state index contributed by atoms with van der Waals surface area (Å²) in [5.74, 6) is 0.744. The van der Waals surface area contributed by atoms with Gasteiger partial charge in [0.25, 0.3) is 0 Å². The highest BCUT2D eigenvalue weighted by Crippen LogP contribution is 2.36. The summed E-state index contributed by atoms with van der Waals surface area (Å²) in [5, 5.41) is 10.3. The molecule has 0 unspecified atom stereocenters. The first-order chi connectivity index (χ1) is 19.5. The first-order valence-corrected chi connectivity index (χ1v) is 14.0. The van der Waals surface area contributed by atoms with Gasteiger partial charge in [0.1, 0.15) is 17.1 Å². The van der Waals surface area contributed by atoms with Gasteiger partial charge in [-0.1, -0.05) is 55.8 Å². The minimum Gasteiger partial charge on any atom is -0.491 e. The van der Waals surface area contributed by atoms with Crippen LogP contribution < -0.4 is 4.74 Å². The Kier molecular flexibility index (Phi) is 9.57. The van der Waals surface area contributed by atoms with Crippen LogP contribution in [0.3, 0.4) is 0 Å². The third-order valence-electron chi connectivity index (χ3n) is 7.40. The van der Waals surface area contributed by atoms with Gasteiger partial charge < -0.3 is 19.9 Å². The van der Waals surface area contributed by atoms with Gasteiger partial charge >= 0.3 is 5.97 Å². The second kappa shape index (κ2) is 13.3. The molecule has 0 amide bonds. The molecule has 3 aromatic carbocycles. The summed E-state index contributed by atoms with van der Waals surface area (Å²) < 4.78 is 10.6. The number of imidazole rings is 2. The number of ether oxygens (including phenoxy) is 1.